The van der Waals surface area contributed by atoms with Crippen molar-refractivity contribution in [1.29, 1.82) is 5.26 Å². The van der Waals surface area contributed by atoms with Gasteiger partial charge in [0.05, 0.1) is 17.3 Å². The van der Waals surface area contributed by atoms with Crippen LogP contribution in [0.15, 0.2) is 30.6 Å². The van der Waals surface area contributed by atoms with Crippen molar-refractivity contribution < 1.29 is 0 Å². The highest BCUT2D eigenvalue weighted by Gasteiger charge is 1.98. The van der Waals surface area contributed by atoms with Gasteiger partial charge in [0.15, 0.2) is 0 Å². The molecule has 5 heteroatoms. The van der Waals surface area contributed by atoms with Gasteiger partial charge >= 0.3 is 0 Å². The molecule has 0 unspecified atom stereocenters. The first-order chi connectivity index (χ1) is 8.28. The lowest BCUT2D eigenvalue weighted by Gasteiger charge is -2.03. The van der Waals surface area contributed by atoms with Gasteiger partial charge in [-0.1, -0.05) is 0 Å². The number of rotatable bonds is 4. The molecule has 0 aliphatic carbocycles. The van der Waals surface area contributed by atoms with Crippen molar-refractivity contribution >= 4 is 5.82 Å². The fourth-order valence-corrected chi connectivity index (χ4v) is 1.51. The van der Waals surface area contributed by atoms with Gasteiger partial charge in [-0.05, 0) is 18.2 Å². The van der Waals surface area contributed by atoms with Crippen LogP contribution in [-0.2, 0) is 13.5 Å². The van der Waals surface area contributed by atoms with E-state index in [2.05, 4.69) is 21.5 Å². The van der Waals surface area contributed by atoms with Gasteiger partial charge in [-0.3, -0.25) is 4.68 Å². The van der Waals surface area contributed by atoms with Crippen molar-refractivity contribution in [2.45, 2.75) is 6.42 Å². The number of hydrogen-bond acceptors (Lipinski definition) is 4. The maximum atomic E-state index is 8.75. The van der Waals surface area contributed by atoms with Gasteiger partial charge in [0.2, 0.25) is 0 Å². The summed E-state index contributed by atoms with van der Waals surface area (Å²) in [5.41, 5.74) is 1.65. The number of nitrogens with zero attached hydrogens (tertiary/aromatic N) is 4. The van der Waals surface area contributed by atoms with E-state index in [1.165, 1.54) is 0 Å². The number of nitriles is 1. The van der Waals surface area contributed by atoms with Crippen LogP contribution in [0.3, 0.4) is 0 Å². The summed E-state index contributed by atoms with van der Waals surface area (Å²) in [6.07, 6.45) is 4.38. The summed E-state index contributed by atoms with van der Waals surface area (Å²) in [5, 5.41) is 16.2. The van der Waals surface area contributed by atoms with Gasteiger partial charge in [0.25, 0.3) is 0 Å². The summed E-state index contributed by atoms with van der Waals surface area (Å²) in [7, 11) is 1.90. The van der Waals surface area contributed by atoms with Crippen molar-refractivity contribution in [2.75, 3.05) is 11.9 Å². The summed E-state index contributed by atoms with van der Waals surface area (Å²) in [4.78, 5) is 4.14. The zero-order chi connectivity index (χ0) is 12.1. The number of aromatic nitrogens is 3. The molecule has 0 fully saturated rings. The van der Waals surface area contributed by atoms with Crippen LogP contribution in [0.1, 0.15) is 11.3 Å². The molecule has 2 aromatic rings. The maximum Gasteiger partial charge on any atom is 0.127 e. The Morgan fingerprint density at radius 2 is 2.35 bits per heavy atom. The zero-order valence-corrected chi connectivity index (χ0v) is 9.59. The molecule has 0 aliphatic rings. The molecule has 0 aromatic carbocycles. The monoisotopic (exact) mass is 227 g/mol. The van der Waals surface area contributed by atoms with Gasteiger partial charge in [-0.15, -0.1) is 0 Å². The van der Waals surface area contributed by atoms with Crippen molar-refractivity contribution in [3.8, 4) is 6.07 Å². The van der Waals surface area contributed by atoms with E-state index < -0.39 is 0 Å². The Hall–Kier alpha value is -2.35. The van der Waals surface area contributed by atoms with Crippen molar-refractivity contribution in [3.63, 3.8) is 0 Å². The molecule has 5 nitrogen and oxygen atoms in total. The molecular weight excluding hydrogens is 214 g/mol. The van der Waals surface area contributed by atoms with Gasteiger partial charge in [0, 0.05) is 32.4 Å². The van der Waals surface area contributed by atoms with E-state index in [1.807, 2.05) is 19.3 Å². The van der Waals surface area contributed by atoms with E-state index in [-0.39, 0.29) is 0 Å². The summed E-state index contributed by atoms with van der Waals surface area (Å²) in [6, 6.07) is 7.49. The Labute approximate surface area is 99.7 Å². The van der Waals surface area contributed by atoms with Gasteiger partial charge < -0.3 is 5.32 Å². The normalized spacial score (nSPS) is 9.88. The van der Waals surface area contributed by atoms with E-state index >= 15 is 0 Å². The molecule has 0 radical (unpaired) electrons. The molecule has 1 N–H and O–H groups in total. The second-order valence-corrected chi connectivity index (χ2v) is 3.70. The average molecular weight is 227 g/mol. The zero-order valence-electron chi connectivity index (χ0n) is 9.59. The van der Waals surface area contributed by atoms with E-state index in [0.29, 0.717) is 5.56 Å². The minimum Gasteiger partial charge on any atom is -0.370 e. The van der Waals surface area contributed by atoms with Crippen molar-refractivity contribution in [3.05, 3.63) is 41.9 Å². The van der Waals surface area contributed by atoms with Gasteiger partial charge in [-0.2, -0.15) is 10.4 Å². The van der Waals surface area contributed by atoms with E-state index in [4.69, 9.17) is 5.26 Å². The molecule has 0 saturated carbocycles. The molecule has 86 valence electrons. The molecule has 0 aliphatic heterocycles. The average Bonchev–Trinajstić information content (AvgIpc) is 2.75. The van der Waals surface area contributed by atoms with Crippen LogP contribution < -0.4 is 5.32 Å². The van der Waals surface area contributed by atoms with Gasteiger partial charge in [-0.25, -0.2) is 4.98 Å². The van der Waals surface area contributed by atoms with E-state index in [0.717, 1.165) is 24.5 Å². The Morgan fingerprint density at radius 1 is 1.47 bits per heavy atom. The molecule has 0 atom stereocenters. The minimum atomic E-state index is 0.611. The van der Waals surface area contributed by atoms with Crippen LogP contribution in [0.4, 0.5) is 5.82 Å². The molecule has 0 bridgehead atoms. The van der Waals surface area contributed by atoms with Crippen LogP contribution >= 0.6 is 0 Å². The van der Waals surface area contributed by atoms with Gasteiger partial charge in [0.1, 0.15) is 5.82 Å². The number of pyridine rings is 1. The van der Waals surface area contributed by atoms with Crippen LogP contribution in [0.2, 0.25) is 0 Å². The predicted molar refractivity (Wildman–Crippen MR) is 64.4 cm³/mol. The quantitative estimate of drug-likeness (QED) is 0.856. The van der Waals surface area contributed by atoms with E-state index in [9.17, 15) is 0 Å². The van der Waals surface area contributed by atoms with Crippen LogP contribution in [0, 0.1) is 11.3 Å². The molecule has 2 rings (SSSR count). The predicted octanol–water partition coefficient (Wildman–Crippen LogP) is 1.34. The lowest BCUT2D eigenvalue weighted by atomic mass is 10.3. The minimum absolute atomic E-state index is 0.611. The highest BCUT2D eigenvalue weighted by atomic mass is 15.2. The molecule has 2 heterocycles. The Bertz CT molecular complexity index is 538. The number of aryl methyl sites for hydroxylation is 1. The molecule has 0 saturated heterocycles. The number of nitrogens with one attached hydrogen (secondary N) is 1. The standard InChI is InChI=1S/C12H13N5/c1-17-7-4-11(16-17)3-6-15-12-8-10(9-13)2-5-14-12/h2,4-5,7-8H,3,6H2,1H3,(H,14,15). The summed E-state index contributed by atoms with van der Waals surface area (Å²) in [5.74, 6) is 0.722. The molecule has 2 aromatic heterocycles. The summed E-state index contributed by atoms with van der Waals surface area (Å²) >= 11 is 0. The van der Waals surface area contributed by atoms with Crippen LogP contribution in [-0.4, -0.2) is 21.3 Å². The third-order valence-corrected chi connectivity index (χ3v) is 2.35. The fraction of sp³-hybridized carbons (Fsp3) is 0.250. The second-order valence-electron chi connectivity index (χ2n) is 3.70. The summed E-state index contributed by atoms with van der Waals surface area (Å²) < 4.78 is 1.78. The Balaban J connectivity index is 1.88. The van der Waals surface area contributed by atoms with Crippen LogP contribution in [0.25, 0.3) is 0 Å². The van der Waals surface area contributed by atoms with E-state index in [1.54, 1.807) is 23.0 Å². The molecular formula is C12H13N5. The van der Waals surface area contributed by atoms with Crippen LogP contribution in [0.5, 0.6) is 0 Å². The summed E-state index contributed by atoms with van der Waals surface area (Å²) in [6.45, 7) is 0.749. The Morgan fingerprint density at radius 3 is 3.06 bits per heavy atom. The highest BCUT2D eigenvalue weighted by molar-refractivity contribution is 5.42. The fourth-order valence-electron chi connectivity index (χ4n) is 1.51. The topological polar surface area (TPSA) is 66.5 Å². The smallest absolute Gasteiger partial charge is 0.127 e. The third kappa shape index (κ3) is 3.05. The number of anilines is 1. The molecule has 0 spiro atoms. The largest absolute Gasteiger partial charge is 0.370 e. The lowest BCUT2D eigenvalue weighted by Crippen LogP contribution is -2.07. The Kier molecular flexibility index (Phi) is 3.36. The molecule has 0 amide bonds. The lowest BCUT2D eigenvalue weighted by molar-refractivity contribution is 0.742. The first-order valence-corrected chi connectivity index (χ1v) is 5.36. The van der Waals surface area contributed by atoms with Crippen molar-refractivity contribution in [2.24, 2.45) is 7.05 Å². The SMILES string of the molecule is Cn1ccc(CCNc2cc(C#N)ccn2)n1. The maximum absolute atomic E-state index is 8.75. The third-order valence-electron chi connectivity index (χ3n) is 2.35. The number of hydrogen-bond donors (Lipinski definition) is 1. The highest BCUT2D eigenvalue weighted by Crippen LogP contribution is 2.05. The van der Waals surface area contributed by atoms with Crippen molar-refractivity contribution in [1.82, 2.24) is 14.8 Å². The first-order valence-electron chi connectivity index (χ1n) is 5.36. The second kappa shape index (κ2) is 5.12. The first kappa shape index (κ1) is 11.1. The molecule has 17 heavy (non-hydrogen) atoms.